The highest BCUT2D eigenvalue weighted by atomic mass is 35.7. The summed E-state index contributed by atoms with van der Waals surface area (Å²) in [7, 11) is 1.62. The molecule has 0 atom stereocenters. The molecule has 3 nitrogen and oxygen atoms in total. The van der Waals surface area contributed by atoms with Crippen LogP contribution in [0.1, 0.15) is 33.6 Å². The normalized spacial score (nSPS) is 13.1. The van der Waals surface area contributed by atoms with E-state index in [0.29, 0.717) is 12.0 Å². The highest BCUT2D eigenvalue weighted by Gasteiger charge is 2.09. The van der Waals surface area contributed by atoms with Gasteiger partial charge in [-0.25, -0.2) is 8.42 Å². The van der Waals surface area contributed by atoms with Crippen LogP contribution in [0.25, 0.3) is 0 Å². The van der Waals surface area contributed by atoms with Crippen LogP contribution in [0, 0.1) is 5.41 Å². The molecule has 0 fully saturated rings. The van der Waals surface area contributed by atoms with Crippen molar-refractivity contribution in [3.8, 4) is 0 Å². The van der Waals surface area contributed by atoms with Gasteiger partial charge in [0.25, 0.3) is 0 Å². The van der Waals surface area contributed by atoms with E-state index in [-0.39, 0.29) is 12.4 Å². The van der Waals surface area contributed by atoms with Crippen LogP contribution >= 0.6 is 10.7 Å². The Morgan fingerprint density at radius 1 is 1.21 bits per heavy atom. The van der Waals surface area contributed by atoms with E-state index in [0.717, 1.165) is 12.8 Å². The van der Waals surface area contributed by atoms with Crippen LogP contribution in [0.2, 0.25) is 0 Å². The minimum absolute atomic E-state index is 0.107. The smallest absolute Gasteiger partial charge is 0.234 e. The fourth-order valence-corrected chi connectivity index (χ4v) is 1.47. The largest absolute Gasteiger partial charge is 0.380 e. The number of hydrogen-bond acceptors (Lipinski definition) is 3. The van der Waals surface area contributed by atoms with Crippen molar-refractivity contribution in [1.29, 1.82) is 0 Å². The molecule has 86 valence electrons. The topological polar surface area (TPSA) is 43.4 Å². The summed E-state index contributed by atoms with van der Waals surface area (Å²) in [6.45, 7) is 7.28. The lowest BCUT2D eigenvalue weighted by Crippen LogP contribution is -2.10. The van der Waals surface area contributed by atoms with Crippen molar-refractivity contribution >= 4 is 19.7 Å². The Morgan fingerprint density at radius 2 is 1.79 bits per heavy atom. The Labute approximate surface area is 91.2 Å². The Balaban J connectivity index is 3.32. The van der Waals surface area contributed by atoms with Crippen molar-refractivity contribution in [2.24, 2.45) is 5.41 Å². The van der Waals surface area contributed by atoms with Crippen molar-refractivity contribution in [1.82, 2.24) is 0 Å². The van der Waals surface area contributed by atoms with Gasteiger partial charge in [-0.15, -0.1) is 0 Å². The average Bonchev–Trinajstić information content (AvgIpc) is 1.92. The molecule has 0 amide bonds. The van der Waals surface area contributed by atoms with Gasteiger partial charge in [-0.3, -0.25) is 0 Å². The molecule has 0 N–H and O–H groups in total. The lowest BCUT2D eigenvalue weighted by atomic mass is 9.91. The van der Waals surface area contributed by atoms with Gasteiger partial charge in [0.1, 0.15) is 0 Å². The van der Waals surface area contributed by atoms with Gasteiger partial charge >= 0.3 is 0 Å². The van der Waals surface area contributed by atoms with Crippen molar-refractivity contribution in [3.63, 3.8) is 0 Å². The first-order chi connectivity index (χ1) is 6.21. The average molecular weight is 243 g/mol. The van der Waals surface area contributed by atoms with E-state index < -0.39 is 9.05 Å². The summed E-state index contributed by atoms with van der Waals surface area (Å²) >= 11 is 0. The Morgan fingerprint density at radius 3 is 2.21 bits per heavy atom. The second kappa shape index (κ2) is 5.93. The highest BCUT2D eigenvalue weighted by Crippen LogP contribution is 2.20. The molecule has 0 aliphatic heterocycles. The third-order valence-electron chi connectivity index (χ3n) is 1.69. The first-order valence-corrected chi connectivity index (χ1v) is 7.19. The number of ether oxygens (including phenoxy) is 1. The van der Waals surface area contributed by atoms with Crippen molar-refractivity contribution in [3.05, 3.63) is 0 Å². The lowest BCUT2D eigenvalue weighted by Gasteiger charge is -2.17. The van der Waals surface area contributed by atoms with Crippen LogP contribution < -0.4 is 0 Å². The third-order valence-corrected chi connectivity index (χ3v) is 2.80. The van der Waals surface area contributed by atoms with E-state index >= 15 is 0 Å². The van der Waals surface area contributed by atoms with E-state index in [1.54, 1.807) is 0 Å². The van der Waals surface area contributed by atoms with Crippen LogP contribution in [0.5, 0.6) is 0 Å². The van der Waals surface area contributed by atoms with E-state index in [9.17, 15) is 8.42 Å². The second-order valence-electron chi connectivity index (χ2n) is 4.52. The highest BCUT2D eigenvalue weighted by molar-refractivity contribution is 8.13. The van der Waals surface area contributed by atoms with Gasteiger partial charge in [-0.05, 0) is 18.3 Å². The van der Waals surface area contributed by atoms with Crippen molar-refractivity contribution in [2.75, 3.05) is 19.0 Å². The standard InChI is InChI=1S/C9H19ClO3S/c1-9(2,3)5-4-6-13-7-8-14(10,11)12/h4-8H2,1-3H3. The Hall–Kier alpha value is 0.200. The molecule has 0 aromatic carbocycles. The predicted molar refractivity (Wildman–Crippen MR) is 59.1 cm³/mol. The molecule has 0 spiro atoms. The summed E-state index contributed by atoms with van der Waals surface area (Å²) in [5.74, 6) is -0.107. The van der Waals surface area contributed by atoms with Gasteiger partial charge in [0, 0.05) is 17.3 Å². The molecule has 0 radical (unpaired) electrons. The maximum absolute atomic E-state index is 10.5. The van der Waals surface area contributed by atoms with E-state index in [1.165, 1.54) is 0 Å². The molecule has 0 unspecified atom stereocenters. The summed E-state index contributed by atoms with van der Waals surface area (Å²) < 4.78 is 26.2. The molecule has 14 heavy (non-hydrogen) atoms. The van der Waals surface area contributed by atoms with Crippen molar-refractivity contribution < 1.29 is 13.2 Å². The zero-order chi connectivity index (χ0) is 11.2. The zero-order valence-corrected chi connectivity index (χ0v) is 10.6. The van der Waals surface area contributed by atoms with Gasteiger partial charge in [0.15, 0.2) is 0 Å². The summed E-state index contributed by atoms with van der Waals surface area (Å²) in [5, 5.41) is 0. The maximum Gasteiger partial charge on any atom is 0.234 e. The molecule has 0 rings (SSSR count). The first kappa shape index (κ1) is 14.2. The fraction of sp³-hybridized carbons (Fsp3) is 1.00. The van der Waals surface area contributed by atoms with Crippen LogP contribution in [0.15, 0.2) is 0 Å². The van der Waals surface area contributed by atoms with Gasteiger partial charge in [-0.2, -0.15) is 0 Å². The molecular formula is C9H19ClO3S. The van der Waals surface area contributed by atoms with Gasteiger partial charge < -0.3 is 4.74 Å². The van der Waals surface area contributed by atoms with Crippen LogP contribution in [-0.2, 0) is 13.8 Å². The number of hydrogen-bond donors (Lipinski definition) is 0. The molecular weight excluding hydrogens is 224 g/mol. The predicted octanol–water partition coefficient (Wildman–Crippen LogP) is 2.40. The Bertz CT molecular complexity index is 241. The SMILES string of the molecule is CC(C)(C)CCCOCCS(=O)(=O)Cl. The third kappa shape index (κ3) is 12.2. The first-order valence-electron chi connectivity index (χ1n) is 4.71. The molecule has 0 saturated carbocycles. The van der Waals surface area contributed by atoms with Crippen LogP contribution in [0.3, 0.4) is 0 Å². The van der Waals surface area contributed by atoms with E-state index in [1.807, 2.05) is 0 Å². The molecule has 0 aromatic heterocycles. The molecule has 0 aliphatic carbocycles. The van der Waals surface area contributed by atoms with Gasteiger partial charge in [0.05, 0.1) is 12.4 Å². The summed E-state index contributed by atoms with van der Waals surface area (Å²) in [5.41, 5.74) is 0.307. The second-order valence-corrected chi connectivity index (χ2v) is 7.42. The fourth-order valence-electron chi connectivity index (χ4n) is 0.965. The van der Waals surface area contributed by atoms with Crippen LogP contribution in [0.4, 0.5) is 0 Å². The number of halogens is 1. The van der Waals surface area contributed by atoms with Gasteiger partial charge in [-0.1, -0.05) is 20.8 Å². The van der Waals surface area contributed by atoms with Gasteiger partial charge in [0.2, 0.25) is 9.05 Å². The van der Waals surface area contributed by atoms with E-state index in [4.69, 9.17) is 15.4 Å². The molecule has 0 bridgehead atoms. The molecule has 0 aromatic rings. The maximum atomic E-state index is 10.5. The number of rotatable bonds is 6. The molecule has 0 heterocycles. The zero-order valence-electron chi connectivity index (χ0n) is 9.05. The minimum Gasteiger partial charge on any atom is -0.380 e. The molecule has 0 aliphatic rings. The summed E-state index contributed by atoms with van der Waals surface area (Å²) in [6, 6.07) is 0. The summed E-state index contributed by atoms with van der Waals surface area (Å²) in [6.07, 6.45) is 2.02. The minimum atomic E-state index is -3.39. The Kier molecular flexibility index (Phi) is 6.02. The molecule has 0 saturated heterocycles. The monoisotopic (exact) mass is 242 g/mol. The summed E-state index contributed by atoms with van der Waals surface area (Å²) in [4.78, 5) is 0. The van der Waals surface area contributed by atoms with Crippen LogP contribution in [-0.4, -0.2) is 27.4 Å². The molecule has 5 heteroatoms. The van der Waals surface area contributed by atoms with Crippen molar-refractivity contribution in [2.45, 2.75) is 33.6 Å². The lowest BCUT2D eigenvalue weighted by molar-refractivity contribution is 0.136. The quantitative estimate of drug-likeness (QED) is 0.531. The van der Waals surface area contributed by atoms with E-state index in [2.05, 4.69) is 20.8 Å².